The third-order valence-corrected chi connectivity index (χ3v) is 6.57. The largest absolute Gasteiger partial charge is 0.382 e. The van der Waals surface area contributed by atoms with E-state index in [0.717, 1.165) is 77.6 Å². The fourth-order valence-corrected chi connectivity index (χ4v) is 4.79. The number of carbonyl (C=O) groups is 1. The van der Waals surface area contributed by atoms with Crippen LogP contribution in [0.4, 0.5) is 0 Å². The molecule has 1 atom stereocenters. The maximum absolute atomic E-state index is 12.3. The molecule has 0 spiro atoms. The third-order valence-electron chi connectivity index (χ3n) is 6.57. The highest BCUT2D eigenvalue weighted by atomic mass is 127. The number of likely N-dealkylation sites (N-methyl/N-ethyl adjacent to an activating group) is 1. The first-order chi connectivity index (χ1) is 14.5. The van der Waals surface area contributed by atoms with Gasteiger partial charge >= 0.3 is 0 Å². The summed E-state index contributed by atoms with van der Waals surface area (Å²) < 4.78 is 5.63. The van der Waals surface area contributed by atoms with E-state index in [2.05, 4.69) is 29.4 Å². The van der Waals surface area contributed by atoms with Gasteiger partial charge < -0.3 is 20.3 Å². The molecule has 2 aliphatic rings. The average Bonchev–Trinajstić information content (AvgIpc) is 3.39. The predicted octanol–water partition coefficient (Wildman–Crippen LogP) is 3.09. The molecule has 0 aromatic carbocycles. The van der Waals surface area contributed by atoms with E-state index in [0.29, 0.717) is 5.41 Å². The van der Waals surface area contributed by atoms with E-state index in [1.54, 1.807) is 4.90 Å². The van der Waals surface area contributed by atoms with Crippen molar-refractivity contribution in [1.29, 1.82) is 0 Å². The summed E-state index contributed by atoms with van der Waals surface area (Å²) in [6, 6.07) is 0.0643. The van der Waals surface area contributed by atoms with Crippen molar-refractivity contribution in [3.63, 3.8) is 0 Å². The van der Waals surface area contributed by atoms with Crippen LogP contribution in [0, 0.1) is 5.41 Å². The summed E-state index contributed by atoms with van der Waals surface area (Å²) in [5, 5.41) is 6.90. The quantitative estimate of drug-likeness (QED) is 0.169. The number of hydrogen-bond acceptors (Lipinski definition) is 4. The van der Waals surface area contributed by atoms with Crippen molar-refractivity contribution < 1.29 is 9.53 Å². The lowest BCUT2D eigenvalue weighted by Crippen LogP contribution is -2.44. The zero-order valence-electron chi connectivity index (χ0n) is 20.3. The summed E-state index contributed by atoms with van der Waals surface area (Å²) >= 11 is 0. The maximum atomic E-state index is 12.3. The lowest BCUT2D eigenvalue weighted by molar-refractivity contribution is -0.133. The van der Waals surface area contributed by atoms with Gasteiger partial charge in [-0.3, -0.25) is 14.7 Å². The Bertz CT molecular complexity index is 538. The number of guanidine groups is 1. The molecule has 2 N–H and O–H groups in total. The second-order valence-corrected chi connectivity index (χ2v) is 9.06. The molecule has 1 saturated heterocycles. The molecule has 31 heavy (non-hydrogen) atoms. The highest BCUT2D eigenvalue weighted by Crippen LogP contribution is 2.41. The molecule has 1 aliphatic carbocycles. The van der Waals surface area contributed by atoms with E-state index < -0.39 is 0 Å². The van der Waals surface area contributed by atoms with Gasteiger partial charge in [-0.2, -0.15) is 0 Å². The first-order valence-corrected chi connectivity index (χ1v) is 12.1. The van der Waals surface area contributed by atoms with Crippen LogP contribution in [0.25, 0.3) is 0 Å². The zero-order chi connectivity index (χ0) is 21.8. The van der Waals surface area contributed by atoms with Crippen LogP contribution >= 0.6 is 24.0 Å². The van der Waals surface area contributed by atoms with Crippen molar-refractivity contribution in [2.45, 2.75) is 71.3 Å². The fourth-order valence-electron chi connectivity index (χ4n) is 4.79. The van der Waals surface area contributed by atoms with Crippen molar-refractivity contribution in [2.75, 3.05) is 60.0 Å². The number of nitrogens with one attached hydrogen (secondary N) is 2. The Morgan fingerprint density at radius 2 is 1.94 bits per heavy atom. The van der Waals surface area contributed by atoms with Gasteiger partial charge in [-0.1, -0.05) is 12.8 Å². The molecule has 0 aromatic heterocycles. The molecule has 1 heterocycles. The van der Waals surface area contributed by atoms with Crippen molar-refractivity contribution in [3.05, 3.63) is 0 Å². The monoisotopic (exact) mass is 551 g/mol. The molecule has 0 bridgehead atoms. The van der Waals surface area contributed by atoms with Gasteiger partial charge in [-0.05, 0) is 64.3 Å². The summed E-state index contributed by atoms with van der Waals surface area (Å²) in [5.41, 5.74) is 0.312. The average molecular weight is 552 g/mol. The summed E-state index contributed by atoms with van der Waals surface area (Å²) in [6.07, 6.45) is 9.38. The van der Waals surface area contributed by atoms with Crippen LogP contribution in [-0.2, 0) is 9.53 Å². The number of ether oxygens (including phenoxy) is 1. The Morgan fingerprint density at radius 1 is 1.19 bits per heavy atom. The van der Waals surface area contributed by atoms with E-state index in [1.807, 2.05) is 14.1 Å². The number of amides is 1. The number of nitrogens with zero attached hydrogens (tertiary/aromatic N) is 3. The maximum Gasteiger partial charge on any atom is 0.239 e. The lowest BCUT2D eigenvalue weighted by atomic mass is 9.83. The van der Waals surface area contributed by atoms with Gasteiger partial charge in [-0.25, -0.2) is 0 Å². The minimum absolute atomic E-state index is 0. The number of carbonyl (C=O) groups excluding carboxylic acids is 1. The van der Waals surface area contributed by atoms with Crippen LogP contribution in [0.2, 0.25) is 0 Å². The van der Waals surface area contributed by atoms with Crippen LogP contribution in [0.5, 0.6) is 0 Å². The fraction of sp³-hybridized carbons (Fsp3) is 0.913. The lowest BCUT2D eigenvalue weighted by Gasteiger charge is -2.27. The Morgan fingerprint density at radius 3 is 2.58 bits per heavy atom. The standard InChI is InChI=1S/C23H45N5O2.HI/c1-5-24-22(26-19-23(12-7-8-13-23)14-18-30-6-2)25-15-10-17-28-16-9-11-20(28)21(29)27(3)4;/h20H,5-19H2,1-4H3,(H2,24,25,26);1H. The summed E-state index contributed by atoms with van der Waals surface area (Å²) in [4.78, 5) is 21.4. The molecule has 8 heteroatoms. The van der Waals surface area contributed by atoms with Crippen LogP contribution < -0.4 is 10.6 Å². The second kappa shape index (κ2) is 15.3. The SMILES string of the molecule is CCNC(=NCC1(CCOCC)CCCC1)NCCCN1CCCC1C(=O)N(C)C.I. The molecule has 0 aromatic rings. The van der Waals surface area contributed by atoms with Crippen LogP contribution in [0.15, 0.2) is 4.99 Å². The van der Waals surface area contributed by atoms with Crippen LogP contribution in [0.1, 0.15) is 65.2 Å². The molecule has 7 nitrogen and oxygen atoms in total. The molecule has 1 amide bonds. The van der Waals surface area contributed by atoms with Gasteiger partial charge in [0.2, 0.25) is 5.91 Å². The Balaban J connectivity index is 0.00000480. The van der Waals surface area contributed by atoms with Crippen molar-refractivity contribution >= 4 is 35.8 Å². The molecule has 0 radical (unpaired) electrons. The molecule has 182 valence electrons. The number of hydrogen-bond donors (Lipinski definition) is 2. The Hall–Kier alpha value is -0.610. The highest BCUT2D eigenvalue weighted by Gasteiger charge is 2.33. The first kappa shape index (κ1) is 28.4. The van der Waals surface area contributed by atoms with Gasteiger partial charge in [0.15, 0.2) is 5.96 Å². The number of likely N-dealkylation sites (tertiary alicyclic amines) is 1. The number of rotatable bonds is 12. The minimum atomic E-state index is 0. The van der Waals surface area contributed by atoms with Gasteiger partial charge in [0.05, 0.1) is 6.04 Å². The molecule has 2 rings (SSSR count). The van der Waals surface area contributed by atoms with Crippen molar-refractivity contribution in [3.8, 4) is 0 Å². The van der Waals surface area contributed by atoms with Gasteiger partial charge in [0.25, 0.3) is 0 Å². The minimum Gasteiger partial charge on any atom is -0.382 e. The second-order valence-electron chi connectivity index (χ2n) is 9.06. The Kier molecular flexibility index (Phi) is 14.0. The van der Waals surface area contributed by atoms with Gasteiger partial charge in [0, 0.05) is 53.5 Å². The molecule has 2 fully saturated rings. The van der Waals surface area contributed by atoms with E-state index in [-0.39, 0.29) is 35.9 Å². The topological polar surface area (TPSA) is 69.2 Å². The van der Waals surface area contributed by atoms with Gasteiger partial charge in [-0.15, -0.1) is 24.0 Å². The normalized spacial score (nSPS) is 21.0. The van der Waals surface area contributed by atoms with Gasteiger partial charge in [0.1, 0.15) is 0 Å². The van der Waals surface area contributed by atoms with Crippen molar-refractivity contribution in [2.24, 2.45) is 10.4 Å². The number of aliphatic imine (C=N–C) groups is 1. The van der Waals surface area contributed by atoms with E-state index in [1.165, 1.54) is 25.7 Å². The van der Waals surface area contributed by atoms with Crippen LogP contribution in [-0.4, -0.2) is 87.7 Å². The Labute approximate surface area is 207 Å². The van der Waals surface area contributed by atoms with Crippen molar-refractivity contribution in [1.82, 2.24) is 20.4 Å². The molecule has 1 unspecified atom stereocenters. The van der Waals surface area contributed by atoms with E-state index in [9.17, 15) is 4.79 Å². The molecular formula is C23H46IN5O2. The molecule has 1 saturated carbocycles. The molecular weight excluding hydrogens is 505 g/mol. The summed E-state index contributed by atoms with van der Waals surface area (Å²) in [7, 11) is 3.70. The van der Waals surface area contributed by atoms with E-state index >= 15 is 0 Å². The molecule has 1 aliphatic heterocycles. The van der Waals surface area contributed by atoms with Crippen LogP contribution in [0.3, 0.4) is 0 Å². The predicted molar refractivity (Wildman–Crippen MR) is 139 cm³/mol. The van der Waals surface area contributed by atoms with E-state index in [4.69, 9.17) is 9.73 Å². The first-order valence-electron chi connectivity index (χ1n) is 12.1. The third kappa shape index (κ3) is 9.42. The highest BCUT2D eigenvalue weighted by molar-refractivity contribution is 14.0. The summed E-state index contributed by atoms with van der Waals surface area (Å²) in [6.45, 7) is 10.4. The smallest absolute Gasteiger partial charge is 0.239 e. The zero-order valence-corrected chi connectivity index (χ0v) is 22.6. The number of halogens is 1. The summed E-state index contributed by atoms with van der Waals surface area (Å²) in [5.74, 6) is 1.16.